The van der Waals surface area contributed by atoms with Crippen LogP contribution in [0.1, 0.15) is 23.7 Å². The summed E-state index contributed by atoms with van der Waals surface area (Å²) in [5.41, 5.74) is 5.79. The maximum atomic E-state index is 8.75. The van der Waals surface area contributed by atoms with Crippen LogP contribution in [0.3, 0.4) is 0 Å². The largest absolute Gasteiger partial charge is 0.466 e. The van der Waals surface area contributed by atoms with Gasteiger partial charge >= 0.3 is 6.01 Å². The molecule has 1 atom stereocenters. The normalized spacial score (nSPS) is 12.1. The van der Waals surface area contributed by atoms with Crippen molar-refractivity contribution < 1.29 is 4.74 Å². The number of nitrogens with zero attached hydrogens (tertiary/aromatic N) is 5. The zero-order valence-electron chi connectivity index (χ0n) is 9.28. The SMILES string of the molecule is COc1nc(C(C)N)n(-c2ncc(C#N)s2)n1. The van der Waals surface area contributed by atoms with E-state index in [1.165, 1.54) is 29.3 Å². The number of nitriles is 1. The van der Waals surface area contributed by atoms with Crippen molar-refractivity contribution in [3.63, 3.8) is 0 Å². The van der Waals surface area contributed by atoms with Crippen LogP contribution in [0.2, 0.25) is 0 Å². The summed E-state index contributed by atoms with van der Waals surface area (Å²) in [7, 11) is 1.48. The lowest BCUT2D eigenvalue weighted by molar-refractivity contribution is 0.379. The summed E-state index contributed by atoms with van der Waals surface area (Å²) in [5.74, 6) is 0.542. The first kappa shape index (κ1) is 11.5. The molecule has 2 heterocycles. The number of hydrogen-bond acceptors (Lipinski definition) is 7. The second kappa shape index (κ2) is 4.48. The highest BCUT2D eigenvalue weighted by Crippen LogP contribution is 2.21. The van der Waals surface area contributed by atoms with Crippen molar-refractivity contribution in [2.24, 2.45) is 5.73 Å². The van der Waals surface area contributed by atoms with E-state index in [2.05, 4.69) is 15.1 Å². The number of rotatable bonds is 3. The van der Waals surface area contributed by atoms with E-state index in [1.54, 1.807) is 6.92 Å². The highest BCUT2D eigenvalue weighted by atomic mass is 32.1. The summed E-state index contributed by atoms with van der Waals surface area (Å²) >= 11 is 1.22. The van der Waals surface area contributed by atoms with Crippen molar-refractivity contribution in [2.75, 3.05) is 7.11 Å². The Balaban J connectivity index is 2.50. The Bertz CT molecular complexity index is 566. The van der Waals surface area contributed by atoms with E-state index in [0.29, 0.717) is 15.8 Å². The fourth-order valence-corrected chi connectivity index (χ4v) is 1.91. The molecule has 0 aromatic carbocycles. The van der Waals surface area contributed by atoms with Gasteiger partial charge in [-0.1, -0.05) is 11.3 Å². The van der Waals surface area contributed by atoms with Crippen LogP contribution in [0.25, 0.3) is 5.13 Å². The quantitative estimate of drug-likeness (QED) is 0.856. The lowest BCUT2D eigenvalue weighted by Crippen LogP contribution is -2.13. The van der Waals surface area contributed by atoms with E-state index in [-0.39, 0.29) is 12.1 Å². The molecule has 0 saturated heterocycles. The Hall–Kier alpha value is -1.98. The van der Waals surface area contributed by atoms with Gasteiger partial charge in [0.15, 0.2) is 5.82 Å². The molecule has 0 aliphatic carbocycles. The Morgan fingerprint density at radius 3 is 2.94 bits per heavy atom. The third kappa shape index (κ3) is 2.11. The van der Waals surface area contributed by atoms with Gasteiger partial charge in [0.2, 0.25) is 5.13 Å². The summed E-state index contributed by atoms with van der Waals surface area (Å²) in [6, 6.07) is 1.94. The van der Waals surface area contributed by atoms with Crippen LogP contribution in [0, 0.1) is 11.3 Å². The Kier molecular flexibility index (Phi) is 3.03. The van der Waals surface area contributed by atoms with Crippen molar-refractivity contribution in [1.29, 1.82) is 5.26 Å². The van der Waals surface area contributed by atoms with Gasteiger partial charge in [-0.15, -0.1) is 5.10 Å². The van der Waals surface area contributed by atoms with Crippen LogP contribution < -0.4 is 10.5 Å². The molecule has 0 aliphatic rings. The van der Waals surface area contributed by atoms with Crippen LogP contribution >= 0.6 is 11.3 Å². The van der Waals surface area contributed by atoms with Gasteiger partial charge in [0.1, 0.15) is 10.9 Å². The minimum atomic E-state index is -0.305. The van der Waals surface area contributed by atoms with Crippen molar-refractivity contribution >= 4 is 11.3 Å². The number of aromatic nitrogens is 4. The molecule has 17 heavy (non-hydrogen) atoms. The molecule has 0 bridgehead atoms. The van der Waals surface area contributed by atoms with Crippen molar-refractivity contribution in [2.45, 2.75) is 13.0 Å². The van der Waals surface area contributed by atoms with Crippen molar-refractivity contribution in [3.8, 4) is 17.2 Å². The third-order valence-electron chi connectivity index (χ3n) is 1.99. The minimum Gasteiger partial charge on any atom is -0.466 e. The van der Waals surface area contributed by atoms with Crippen LogP contribution in [-0.2, 0) is 0 Å². The summed E-state index contributed by atoms with van der Waals surface area (Å²) in [4.78, 5) is 8.73. The van der Waals surface area contributed by atoms with Gasteiger partial charge in [0.25, 0.3) is 0 Å². The maximum Gasteiger partial charge on any atom is 0.335 e. The minimum absolute atomic E-state index is 0.228. The summed E-state index contributed by atoms with van der Waals surface area (Å²) in [6.45, 7) is 1.79. The number of ether oxygens (including phenoxy) is 1. The van der Waals surface area contributed by atoms with E-state index < -0.39 is 0 Å². The highest BCUT2D eigenvalue weighted by molar-refractivity contribution is 7.14. The number of nitrogens with two attached hydrogens (primary N) is 1. The molecule has 7 nitrogen and oxygen atoms in total. The first-order valence-corrected chi connectivity index (χ1v) is 5.60. The average Bonchev–Trinajstić information content (AvgIpc) is 2.94. The average molecular weight is 250 g/mol. The second-order valence-corrected chi connectivity index (χ2v) is 4.29. The van der Waals surface area contributed by atoms with Gasteiger partial charge in [-0.25, -0.2) is 4.98 Å². The summed E-state index contributed by atoms with van der Waals surface area (Å²) < 4.78 is 6.45. The zero-order valence-corrected chi connectivity index (χ0v) is 10.1. The molecule has 0 spiro atoms. The van der Waals surface area contributed by atoms with E-state index >= 15 is 0 Å². The molecule has 0 amide bonds. The van der Waals surface area contributed by atoms with Gasteiger partial charge in [-0.2, -0.15) is 14.9 Å². The third-order valence-corrected chi connectivity index (χ3v) is 2.86. The van der Waals surface area contributed by atoms with Gasteiger partial charge in [-0.3, -0.25) is 0 Å². The van der Waals surface area contributed by atoms with Gasteiger partial charge < -0.3 is 10.5 Å². The highest BCUT2D eigenvalue weighted by Gasteiger charge is 2.17. The molecule has 0 fully saturated rings. The van der Waals surface area contributed by atoms with Crippen molar-refractivity contribution in [1.82, 2.24) is 19.7 Å². The van der Waals surface area contributed by atoms with Crippen LogP contribution in [0.4, 0.5) is 0 Å². The molecule has 1 unspecified atom stereocenters. The Labute approximate surface area is 101 Å². The number of thiazole rings is 1. The van der Waals surface area contributed by atoms with Gasteiger partial charge in [0.05, 0.1) is 19.3 Å². The zero-order chi connectivity index (χ0) is 12.4. The Morgan fingerprint density at radius 2 is 2.41 bits per heavy atom. The first-order chi connectivity index (χ1) is 8.15. The van der Waals surface area contributed by atoms with Crippen molar-refractivity contribution in [3.05, 3.63) is 16.9 Å². The standard InChI is InChI=1S/C9H10N6OS/c1-5(11)7-13-8(16-2)14-15(7)9-12-4-6(3-10)17-9/h4-5H,11H2,1-2H3. The van der Waals surface area contributed by atoms with Crippen LogP contribution in [-0.4, -0.2) is 26.9 Å². The van der Waals surface area contributed by atoms with Gasteiger partial charge in [-0.05, 0) is 6.92 Å². The van der Waals surface area contributed by atoms with E-state index in [1.807, 2.05) is 6.07 Å². The van der Waals surface area contributed by atoms with Crippen LogP contribution in [0.5, 0.6) is 6.01 Å². The second-order valence-electron chi connectivity index (χ2n) is 3.28. The monoisotopic (exact) mass is 250 g/mol. The number of methoxy groups -OCH3 is 1. The smallest absolute Gasteiger partial charge is 0.335 e. The number of hydrogen-bond donors (Lipinski definition) is 1. The molecule has 0 saturated carbocycles. The lowest BCUT2D eigenvalue weighted by atomic mass is 10.3. The molecule has 2 rings (SSSR count). The van der Waals surface area contributed by atoms with E-state index in [9.17, 15) is 0 Å². The fraction of sp³-hybridized carbons (Fsp3) is 0.333. The van der Waals surface area contributed by atoms with Crippen LogP contribution in [0.15, 0.2) is 6.20 Å². The summed E-state index contributed by atoms with van der Waals surface area (Å²) in [6.07, 6.45) is 1.49. The fourth-order valence-electron chi connectivity index (χ4n) is 1.24. The lowest BCUT2D eigenvalue weighted by Gasteiger charge is -2.03. The first-order valence-electron chi connectivity index (χ1n) is 4.78. The molecule has 2 aromatic heterocycles. The molecule has 8 heteroatoms. The molecular weight excluding hydrogens is 240 g/mol. The molecule has 2 aromatic rings. The summed E-state index contributed by atoms with van der Waals surface area (Å²) in [5, 5.41) is 13.4. The predicted octanol–water partition coefficient (Wildman–Crippen LogP) is 0.624. The Morgan fingerprint density at radius 1 is 1.65 bits per heavy atom. The molecular formula is C9H10N6OS. The van der Waals surface area contributed by atoms with Gasteiger partial charge in [0, 0.05) is 0 Å². The molecule has 0 radical (unpaired) electrons. The van der Waals surface area contributed by atoms with E-state index in [0.717, 1.165) is 0 Å². The molecule has 88 valence electrons. The predicted molar refractivity (Wildman–Crippen MR) is 60.9 cm³/mol. The maximum absolute atomic E-state index is 8.75. The molecule has 0 aliphatic heterocycles. The van der Waals surface area contributed by atoms with E-state index in [4.69, 9.17) is 15.7 Å². The molecule has 2 N–H and O–H groups in total. The topological polar surface area (TPSA) is 103 Å².